The summed E-state index contributed by atoms with van der Waals surface area (Å²) in [7, 11) is 1.61. The third-order valence-corrected chi connectivity index (χ3v) is 3.56. The Morgan fingerprint density at radius 3 is 2.89 bits per heavy atom. The zero-order valence-corrected chi connectivity index (χ0v) is 11.0. The van der Waals surface area contributed by atoms with Crippen molar-refractivity contribution in [3.05, 3.63) is 35.7 Å². The highest BCUT2D eigenvalue weighted by molar-refractivity contribution is 5.65. The number of rotatable bonds is 2. The number of hydrogen-bond donors (Lipinski definition) is 1. The molecule has 0 atom stereocenters. The first-order valence-corrected chi connectivity index (χ1v) is 6.56. The van der Waals surface area contributed by atoms with Crippen LogP contribution in [0.25, 0.3) is 11.4 Å². The number of hydrogen-bond acceptors (Lipinski definition) is 4. The molecule has 0 bridgehead atoms. The van der Waals surface area contributed by atoms with E-state index in [4.69, 9.17) is 10.5 Å². The van der Waals surface area contributed by atoms with Crippen LogP contribution in [0.5, 0.6) is 5.75 Å². The summed E-state index contributed by atoms with van der Waals surface area (Å²) < 4.78 is 5.24. The molecule has 1 aliphatic rings. The van der Waals surface area contributed by atoms with Gasteiger partial charge in [0.15, 0.2) is 5.82 Å². The van der Waals surface area contributed by atoms with Crippen molar-refractivity contribution in [1.29, 1.82) is 0 Å². The molecule has 1 aliphatic carbocycles. The van der Waals surface area contributed by atoms with E-state index in [1.807, 2.05) is 24.4 Å². The second kappa shape index (κ2) is 4.88. The number of aryl methyl sites for hydroxylation is 2. The smallest absolute Gasteiger partial charge is 0.159 e. The lowest BCUT2D eigenvalue weighted by atomic mass is 9.97. The van der Waals surface area contributed by atoms with Gasteiger partial charge >= 0.3 is 0 Å². The second-order valence-electron chi connectivity index (χ2n) is 4.83. The molecule has 2 N–H and O–H groups in total. The topological polar surface area (TPSA) is 61.0 Å². The van der Waals surface area contributed by atoms with Crippen molar-refractivity contribution in [3.8, 4) is 17.1 Å². The van der Waals surface area contributed by atoms with Gasteiger partial charge in [0, 0.05) is 17.5 Å². The summed E-state index contributed by atoms with van der Waals surface area (Å²) in [5.74, 6) is 1.41. The third kappa shape index (κ3) is 2.26. The molecule has 98 valence electrons. The molecule has 3 rings (SSSR count). The van der Waals surface area contributed by atoms with Crippen molar-refractivity contribution in [2.75, 3.05) is 12.8 Å². The van der Waals surface area contributed by atoms with Crippen molar-refractivity contribution in [2.45, 2.75) is 25.7 Å². The fourth-order valence-electron chi connectivity index (χ4n) is 2.46. The van der Waals surface area contributed by atoms with Crippen LogP contribution >= 0.6 is 0 Å². The summed E-state index contributed by atoms with van der Waals surface area (Å²) in [4.78, 5) is 9.14. The van der Waals surface area contributed by atoms with Crippen molar-refractivity contribution in [3.63, 3.8) is 0 Å². The minimum absolute atomic E-state index is 0.629. The average Bonchev–Trinajstić information content (AvgIpc) is 2.47. The van der Waals surface area contributed by atoms with Gasteiger partial charge in [-0.1, -0.05) is 0 Å². The van der Waals surface area contributed by atoms with Gasteiger partial charge in [0.2, 0.25) is 0 Å². The van der Waals surface area contributed by atoms with Gasteiger partial charge in [0.25, 0.3) is 0 Å². The lowest BCUT2D eigenvalue weighted by Gasteiger charge is -2.15. The number of methoxy groups -OCH3 is 1. The Morgan fingerprint density at radius 2 is 2.05 bits per heavy atom. The number of benzene rings is 1. The van der Waals surface area contributed by atoms with Crippen LogP contribution < -0.4 is 10.5 Å². The molecular formula is C15H17N3O. The molecule has 0 unspecified atom stereocenters. The summed E-state index contributed by atoms with van der Waals surface area (Å²) in [6.07, 6.45) is 6.57. The number of anilines is 1. The maximum absolute atomic E-state index is 5.82. The van der Waals surface area contributed by atoms with Crippen molar-refractivity contribution in [2.24, 2.45) is 0 Å². The predicted molar refractivity (Wildman–Crippen MR) is 75.1 cm³/mol. The van der Waals surface area contributed by atoms with Crippen LogP contribution in [0.15, 0.2) is 24.4 Å². The van der Waals surface area contributed by atoms with Crippen LogP contribution in [0.2, 0.25) is 0 Å². The first kappa shape index (κ1) is 12.0. The highest BCUT2D eigenvalue weighted by Crippen LogP contribution is 2.28. The van der Waals surface area contributed by atoms with Crippen LogP contribution in [0.3, 0.4) is 0 Å². The molecule has 0 aliphatic heterocycles. The van der Waals surface area contributed by atoms with Crippen molar-refractivity contribution in [1.82, 2.24) is 9.97 Å². The quantitative estimate of drug-likeness (QED) is 0.838. The van der Waals surface area contributed by atoms with E-state index >= 15 is 0 Å². The summed E-state index contributed by atoms with van der Waals surface area (Å²) in [6.45, 7) is 0. The van der Waals surface area contributed by atoms with Gasteiger partial charge in [-0.25, -0.2) is 9.97 Å². The number of aromatic nitrogens is 2. The molecular weight excluding hydrogens is 238 g/mol. The van der Waals surface area contributed by atoms with E-state index in [-0.39, 0.29) is 0 Å². The molecule has 19 heavy (non-hydrogen) atoms. The van der Waals surface area contributed by atoms with Gasteiger partial charge in [-0.3, -0.25) is 0 Å². The Kier molecular flexibility index (Phi) is 3.07. The minimum Gasteiger partial charge on any atom is -0.495 e. The Bertz CT molecular complexity index is 610. The maximum Gasteiger partial charge on any atom is 0.159 e. The van der Waals surface area contributed by atoms with E-state index in [0.717, 1.165) is 24.2 Å². The molecule has 0 saturated heterocycles. The molecule has 0 saturated carbocycles. The van der Waals surface area contributed by atoms with Crippen LogP contribution in [0.4, 0.5) is 5.69 Å². The van der Waals surface area contributed by atoms with E-state index in [1.165, 1.54) is 24.1 Å². The largest absolute Gasteiger partial charge is 0.495 e. The first-order chi connectivity index (χ1) is 9.28. The SMILES string of the molecule is COc1cc(-c2ncc3c(n2)CCCC3)ccc1N. The summed E-state index contributed by atoms with van der Waals surface area (Å²) in [5, 5.41) is 0. The molecule has 0 spiro atoms. The molecule has 4 heteroatoms. The number of fused-ring (bicyclic) bond motifs is 1. The third-order valence-electron chi connectivity index (χ3n) is 3.56. The lowest BCUT2D eigenvalue weighted by molar-refractivity contribution is 0.417. The fourth-order valence-corrected chi connectivity index (χ4v) is 2.46. The number of ether oxygens (including phenoxy) is 1. The number of nitrogens with two attached hydrogens (primary N) is 1. The Hall–Kier alpha value is -2.10. The van der Waals surface area contributed by atoms with Crippen LogP contribution in [-0.2, 0) is 12.8 Å². The Labute approximate surface area is 112 Å². The zero-order valence-electron chi connectivity index (χ0n) is 11.0. The molecule has 0 fully saturated rings. The minimum atomic E-state index is 0.629. The molecule has 0 radical (unpaired) electrons. The number of nitrogens with zero attached hydrogens (tertiary/aromatic N) is 2. The average molecular weight is 255 g/mol. The normalized spacial score (nSPS) is 13.9. The van der Waals surface area contributed by atoms with Gasteiger partial charge in [0.05, 0.1) is 12.8 Å². The van der Waals surface area contributed by atoms with Crippen LogP contribution in [0.1, 0.15) is 24.1 Å². The van der Waals surface area contributed by atoms with Gasteiger partial charge in [0.1, 0.15) is 5.75 Å². The second-order valence-corrected chi connectivity index (χ2v) is 4.83. The van der Waals surface area contributed by atoms with Crippen LogP contribution in [0, 0.1) is 0 Å². The fraction of sp³-hybridized carbons (Fsp3) is 0.333. The van der Waals surface area contributed by atoms with Gasteiger partial charge in [-0.15, -0.1) is 0 Å². The monoisotopic (exact) mass is 255 g/mol. The van der Waals surface area contributed by atoms with E-state index in [2.05, 4.69) is 9.97 Å². The van der Waals surface area contributed by atoms with E-state index in [9.17, 15) is 0 Å². The highest BCUT2D eigenvalue weighted by atomic mass is 16.5. The molecule has 4 nitrogen and oxygen atoms in total. The maximum atomic E-state index is 5.82. The molecule has 1 aromatic heterocycles. The molecule has 0 amide bonds. The van der Waals surface area contributed by atoms with Crippen molar-refractivity contribution < 1.29 is 4.74 Å². The highest BCUT2D eigenvalue weighted by Gasteiger charge is 2.13. The molecule has 1 heterocycles. The van der Waals surface area contributed by atoms with Gasteiger partial charge in [-0.05, 0) is 49.4 Å². The Balaban J connectivity index is 2.02. The van der Waals surface area contributed by atoms with E-state index in [1.54, 1.807) is 7.11 Å². The molecule has 1 aromatic carbocycles. The van der Waals surface area contributed by atoms with Gasteiger partial charge in [-0.2, -0.15) is 0 Å². The summed E-state index contributed by atoms with van der Waals surface area (Å²) >= 11 is 0. The Morgan fingerprint density at radius 1 is 1.21 bits per heavy atom. The van der Waals surface area contributed by atoms with Crippen molar-refractivity contribution >= 4 is 5.69 Å². The van der Waals surface area contributed by atoms with E-state index in [0.29, 0.717) is 11.4 Å². The van der Waals surface area contributed by atoms with E-state index < -0.39 is 0 Å². The van der Waals surface area contributed by atoms with Crippen LogP contribution in [-0.4, -0.2) is 17.1 Å². The predicted octanol–water partition coefficient (Wildman–Crippen LogP) is 2.61. The lowest BCUT2D eigenvalue weighted by Crippen LogP contribution is -2.07. The first-order valence-electron chi connectivity index (χ1n) is 6.56. The zero-order chi connectivity index (χ0) is 13.2. The standard InChI is InChI=1S/C15H17N3O/c1-19-14-8-10(6-7-12(14)16)15-17-9-11-4-2-3-5-13(11)18-15/h6-9H,2-5,16H2,1H3. The number of nitrogen functional groups attached to an aromatic ring is 1. The molecule has 2 aromatic rings. The summed E-state index contributed by atoms with van der Waals surface area (Å²) in [6, 6.07) is 5.65. The summed E-state index contributed by atoms with van der Waals surface area (Å²) in [5.41, 5.74) is 9.87. The van der Waals surface area contributed by atoms with Gasteiger partial charge < -0.3 is 10.5 Å².